The summed E-state index contributed by atoms with van der Waals surface area (Å²) in [5.41, 5.74) is 4.20. The normalized spacial score (nSPS) is 10.6. The van der Waals surface area contributed by atoms with E-state index in [0.717, 1.165) is 17.1 Å². The Hall–Kier alpha value is -1.32. The maximum absolute atomic E-state index is 6.06. The molecule has 2 aromatic rings. The molecule has 5 heteroatoms. The first-order valence-corrected chi connectivity index (χ1v) is 6.81. The van der Waals surface area contributed by atoms with Crippen molar-refractivity contribution in [2.24, 2.45) is 0 Å². The largest absolute Gasteiger partial charge is 0.329 e. The van der Waals surface area contributed by atoms with Gasteiger partial charge < -0.3 is 4.90 Å². The van der Waals surface area contributed by atoms with E-state index >= 15 is 0 Å². The van der Waals surface area contributed by atoms with Crippen LogP contribution >= 0.6 is 23.2 Å². The summed E-state index contributed by atoms with van der Waals surface area (Å²) in [6.45, 7) is 4.14. The third kappa shape index (κ3) is 2.99. The summed E-state index contributed by atoms with van der Waals surface area (Å²) in [5, 5.41) is 0.399. The van der Waals surface area contributed by atoms with Gasteiger partial charge in [0, 0.05) is 18.3 Å². The van der Waals surface area contributed by atoms with E-state index in [-0.39, 0.29) is 5.88 Å². The summed E-state index contributed by atoms with van der Waals surface area (Å²) in [7, 11) is 1.95. The molecule has 19 heavy (non-hydrogen) atoms. The number of nitrogens with zero attached hydrogens (tertiary/aromatic N) is 3. The Morgan fingerprint density at radius 2 is 1.74 bits per heavy atom. The van der Waals surface area contributed by atoms with E-state index in [9.17, 15) is 0 Å². The van der Waals surface area contributed by atoms with Gasteiger partial charge >= 0.3 is 0 Å². The van der Waals surface area contributed by atoms with Crippen LogP contribution in [0.25, 0.3) is 0 Å². The number of aryl methyl sites for hydroxylation is 2. The van der Waals surface area contributed by atoms with Crippen LogP contribution in [0.1, 0.15) is 16.7 Å². The van der Waals surface area contributed by atoms with Crippen LogP contribution in [0.4, 0.5) is 11.5 Å². The summed E-state index contributed by atoms with van der Waals surface area (Å²) in [6.07, 6.45) is 1.45. The molecule has 2 rings (SSSR count). The van der Waals surface area contributed by atoms with Crippen molar-refractivity contribution < 1.29 is 0 Å². The van der Waals surface area contributed by atoms with Gasteiger partial charge in [-0.1, -0.05) is 17.7 Å². The van der Waals surface area contributed by atoms with E-state index in [2.05, 4.69) is 42.0 Å². The summed E-state index contributed by atoms with van der Waals surface area (Å²) in [4.78, 5) is 10.2. The van der Waals surface area contributed by atoms with Gasteiger partial charge in [-0.3, -0.25) is 0 Å². The Labute approximate surface area is 123 Å². The average Bonchev–Trinajstić information content (AvgIpc) is 2.36. The van der Waals surface area contributed by atoms with Crippen LogP contribution in [0.5, 0.6) is 0 Å². The SMILES string of the molecule is Cc1cc(C)cc(N(C)c2ncnc(Cl)c2CCl)c1. The number of hydrogen-bond donors (Lipinski definition) is 0. The van der Waals surface area contributed by atoms with Crippen molar-refractivity contribution >= 4 is 34.7 Å². The maximum Gasteiger partial charge on any atom is 0.142 e. The van der Waals surface area contributed by atoms with Crippen LogP contribution < -0.4 is 4.90 Å². The smallest absolute Gasteiger partial charge is 0.142 e. The quantitative estimate of drug-likeness (QED) is 0.626. The third-order valence-electron chi connectivity index (χ3n) is 2.92. The number of aromatic nitrogens is 2. The Morgan fingerprint density at radius 3 is 2.32 bits per heavy atom. The third-order valence-corrected chi connectivity index (χ3v) is 3.51. The van der Waals surface area contributed by atoms with Gasteiger partial charge in [0.15, 0.2) is 0 Å². The monoisotopic (exact) mass is 295 g/mol. The molecule has 0 N–H and O–H groups in total. The molecule has 0 saturated heterocycles. The minimum atomic E-state index is 0.282. The van der Waals surface area contributed by atoms with Crippen LogP contribution in [-0.4, -0.2) is 17.0 Å². The minimum absolute atomic E-state index is 0.282. The highest BCUT2D eigenvalue weighted by Gasteiger charge is 2.14. The zero-order valence-corrected chi connectivity index (χ0v) is 12.6. The molecule has 1 heterocycles. The summed E-state index contributed by atoms with van der Waals surface area (Å²) in [6, 6.07) is 6.33. The fraction of sp³-hybridized carbons (Fsp3) is 0.286. The molecule has 1 aromatic carbocycles. The van der Waals surface area contributed by atoms with Gasteiger partial charge in [-0.25, -0.2) is 9.97 Å². The Balaban J connectivity index is 2.49. The molecule has 0 aliphatic carbocycles. The number of halogens is 2. The summed E-state index contributed by atoms with van der Waals surface area (Å²) >= 11 is 12.0. The number of hydrogen-bond acceptors (Lipinski definition) is 3. The Kier molecular flexibility index (Phi) is 4.27. The molecule has 0 aliphatic heterocycles. The van der Waals surface area contributed by atoms with E-state index in [4.69, 9.17) is 23.2 Å². The van der Waals surface area contributed by atoms with Gasteiger partial charge in [0.25, 0.3) is 0 Å². The predicted molar refractivity (Wildman–Crippen MR) is 80.6 cm³/mol. The number of alkyl halides is 1. The number of rotatable bonds is 3. The molecule has 0 radical (unpaired) electrons. The second kappa shape index (κ2) is 5.76. The lowest BCUT2D eigenvalue weighted by Crippen LogP contribution is -2.14. The van der Waals surface area contributed by atoms with Gasteiger partial charge in [0.05, 0.1) is 5.88 Å². The molecule has 3 nitrogen and oxygen atoms in total. The highest BCUT2D eigenvalue weighted by atomic mass is 35.5. The van der Waals surface area contributed by atoms with Crippen molar-refractivity contribution in [1.82, 2.24) is 9.97 Å². The van der Waals surface area contributed by atoms with Crippen LogP contribution in [0.15, 0.2) is 24.5 Å². The average molecular weight is 296 g/mol. The first kappa shape index (κ1) is 14.1. The standard InChI is InChI=1S/C14H15Cl2N3/c1-9-4-10(2)6-11(5-9)19(3)14-12(7-15)13(16)17-8-18-14/h4-6,8H,7H2,1-3H3. The first-order valence-electron chi connectivity index (χ1n) is 5.90. The lowest BCUT2D eigenvalue weighted by molar-refractivity contribution is 1.04. The zero-order chi connectivity index (χ0) is 14.0. The van der Waals surface area contributed by atoms with E-state index < -0.39 is 0 Å². The van der Waals surface area contributed by atoms with Crippen molar-refractivity contribution in [2.45, 2.75) is 19.7 Å². The lowest BCUT2D eigenvalue weighted by atomic mass is 10.1. The van der Waals surface area contributed by atoms with Gasteiger partial charge in [0.2, 0.25) is 0 Å². The van der Waals surface area contributed by atoms with Gasteiger partial charge in [0.1, 0.15) is 17.3 Å². The molecular weight excluding hydrogens is 281 g/mol. The van der Waals surface area contributed by atoms with E-state index in [0.29, 0.717) is 5.15 Å². The van der Waals surface area contributed by atoms with E-state index in [1.165, 1.54) is 17.5 Å². The Bertz CT molecular complexity index is 579. The highest BCUT2D eigenvalue weighted by molar-refractivity contribution is 6.31. The molecule has 0 bridgehead atoms. The molecular formula is C14H15Cl2N3. The number of benzene rings is 1. The predicted octanol–water partition coefficient (Wildman–Crippen LogP) is 4.25. The fourth-order valence-electron chi connectivity index (χ4n) is 2.05. The fourth-order valence-corrected chi connectivity index (χ4v) is 2.56. The zero-order valence-electron chi connectivity index (χ0n) is 11.1. The summed E-state index contributed by atoms with van der Waals surface area (Å²) < 4.78 is 0. The van der Waals surface area contributed by atoms with Crippen LogP contribution in [0.2, 0.25) is 5.15 Å². The first-order chi connectivity index (χ1) is 9.02. The second-order valence-electron chi connectivity index (χ2n) is 4.51. The van der Waals surface area contributed by atoms with Crippen LogP contribution in [0, 0.1) is 13.8 Å². The van der Waals surface area contributed by atoms with Crippen LogP contribution in [0.3, 0.4) is 0 Å². The molecule has 0 amide bonds. The van der Waals surface area contributed by atoms with Crippen molar-refractivity contribution in [2.75, 3.05) is 11.9 Å². The second-order valence-corrected chi connectivity index (χ2v) is 5.13. The van der Waals surface area contributed by atoms with Crippen molar-refractivity contribution in [3.8, 4) is 0 Å². The molecule has 0 saturated carbocycles. The van der Waals surface area contributed by atoms with Crippen molar-refractivity contribution in [3.05, 3.63) is 46.4 Å². The van der Waals surface area contributed by atoms with E-state index in [1.54, 1.807) is 0 Å². The van der Waals surface area contributed by atoms with Crippen molar-refractivity contribution in [3.63, 3.8) is 0 Å². The van der Waals surface area contributed by atoms with Crippen molar-refractivity contribution in [1.29, 1.82) is 0 Å². The summed E-state index contributed by atoms with van der Waals surface area (Å²) in [5.74, 6) is 1.02. The maximum atomic E-state index is 6.06. The van der Waals surface area contributed by atoms with Gasteiger partial charge in [-0.05, 0) is 37.1 Å². The molecule has 0 aliphatic rings. The highest BCUT2D eigenvalue weighted by Crippen LogP contribution is 2.30. The molecule has 0 fully saturated rings. The lowest BCUT2D eigenvalue weighted by Gasteiger charge is -2.21. The topological polar surface area (TPSA) is 29.0 Å². The Morgan fingerprint density at radius 1 is 1.11 bits per heavy atom. The number of anilines is 2. The minimum Gasteiger partial charge on any atom is -0.329 e. The van der Waals surface area contributed by atoms with Gasteiger partial charge in [-0.15, -0.1) is 11.6 Å². The molecule has 1 aromatic heterocycles. The molecule has 0 unspecified atom stereocenters. The van der Waals surface area contributed by atoms with Gasteiger partial charge in [-0.2, -0.15) is 0 Å². The van der Waals surface area contributed by atoms with E-state index in [1.807, 2.05) is 11.9 Å². The molecule has 100 valence electrons. The van der Waals surface area contributed by atoms with Crippen LogP contribution in [-0.2, 0) is 5.88 Å². The molecule has 0 atom stereocenters. The molecule has 0 spiro atoms.